The molecule has 0 saturated carbocycles. The van der Waals surface area contributed by atoms with E-state index in [1.165, 1.54) is 5.56 Å². The third-order valence-electron chi connectivity index (χ3n) is 2.95. The van der Waals surface area contributed by atoms with E-state index < -0.39 is 5.97 Å². The van der Waals surface area contributed by atoms with Crippen molar-refractivity contribution in [3.8, 4) is 0 Å². The van der Waals surface area contributed by atoms with Crippen LogP contribution >= 0.6 is 0 Å². The monoisotopic (exact) mass is 278 g/mol. The molecular formula is C15H22N2O3. The van der Waals surface area contributed by atoms with Crippen molar-refractivity contribution in [2.24, 2.45) is 0 Å². The van der Waals surface area contributed by atoms with Crippen LogP contribution in [0.25, 0.3) is 0 Å². The molecule has 0 saturated heterocycles. The van der Waals surface area contributed by atoms with Crippen LogP contribution in [0.5, 0.6) is 0 Å². The maximum atomic E-state index is 11.8. The van der Waals surface area contributed by atoms with Gasteiger partial charge in [-0.1, -0.05) is 32.4 Å². The van der Waals surface area contributed by atoms with E-state index in [9.17, 15) is 9.59 Å². The van der Waals surface area contributed by atoms with Crippen LogP contribution in [0.4, 0.5) is 5.69 Å². The number of carboxylic acids is 1. The number of nitrogens with one attached hydrogen (secondary N) is 1. The lowest BCUT2D eigenvalue weighted by atomic mass is 10.1. The summed E-state index contributed by atoms with van der Waals surface area (Å²) in [5.41, 5.74) is 1.98. The molecule has 0 spiro atoms. The summed E-state index contributed by atoms with van der Waals surface area (Å²) < 4.78 is 0. The number of nitrogens with zero attached hydrogens (tertiary/aromatic N) is 1. The lowest BCUT2D eigenvalue weighted by molar-refractivity contribution is -0.138. The highest BCUT2D eigenvalue weighted by Gasteiger charge is 2.12. The molecule has 0 unspecified atom stereocenters. The van der Waals surface area contributed by atoms with Gasteiger partial charge in [0.15, 0.2) is 0 Å². The van der Waals surface area contributed by atoms with Crippen LogP contribution in [0.3, 0.4) is 0 Å². The van der Waals surface area contributed by atoms with Crippen molar-refractivity contribution in [2.75, 3.05) is 25.0 Å². The van der Waals surface area contributed by atoms with Crippen LogP contribution in [0.2, 0.25) is 0 Å². The fourth-order valence-corrected chi connectivity index (χ4v) is 1.92. The van der Waals surface area contributed by atoms with Crippen molar-refractivity contribution >= 4 is 17.6 Å². The molecule has 1 aromatic rings. The predicted molar refractivity (Wildman–Crippen MR) is 78.8 cm³/mol. The van der Waals surface area contributed by atoms with E-state index in [4.69, 9.17) is 5.11 Å². The minimum Gasteiger partial charge on any atom is -0.480 e. The van der Waals surface area contributed by atoms with Crippen molar-refractivity contribution in [3.63, 3.8) is 0 Å². The predicted octanol–water partition coefficient (Wildman–Crippen LogP) is 1.98. The highest BCUT2D eigenvalue weighted by Crippen LogP contribution is 2.11. The minimum atomic E-state index is -0.927. The quantitative estimate of drug-likeness (QED) is 0.763. The van der Waals surface area contributed by atoms with Crippen molar-refractivity contribution < 1.29 is 14.7 Å². The number of rotatable bonds is 8. The van der Waals surface area contributed by atoms with E-state index in [2.05, 4.69) is 12.2 Å². The maximum Gasteiger partial charge on any atom is 0.317 e. The first-order chi connectivity index (χ1) is 9.55. The van der Waals surface area contributed by atoms with Crippen molar-refractivity contribution in [1.82, 2.24) is 4.90 Å². The summed E-state index contributed by atoms with van der Waals surface area (Å²) in [5.74, 6) is -1.13. The summed E-state index contributed by atoms with van der Waals surface area (Å²) in [4.78, 5) is 24.0. The number of aryl methyl sites for hydroxylation is 1. The van der Waals surface area contributed by atoms with Gasteiger partial charge < -0.3 is 10.4 Å². The van der Waals surface area contributed by atoms with Crippen LogP contribution in [0.15, 0.2) is 24.3 Å². The number of hydrogen-bond acceptors (Lipinski definition) is 3. The highest BCUT2D eigenvalue weighted by atomic mass is 16.4. The zero-order valence-electron chi connectivity index (χ0n) is 12.1. The molecule has 1 amide bonds. The molecule has 5 nitrogen and oxygen atoms in total. The number of benzene rings is 1. The first-order valence-electron chi connectivity index (χ1n) is 6.88. The summed E-state index contributed by atoms with van der Waals surface area (Å²) in [5, 5.41) is 11.5. The van der Waals surface area contributed by atoms with Gasteiger partial charge in [0.05, 0.1) is 13.1 Å². The number of aliphatic carboxylic acids is 1. The number of amides is 1. The van der Waals surface area contributed by atoms with Crippen LogP contribution in [0, 0.1) is 0 Å². The average Bonchev–Trinajstić information content (AvgIpc) is 2.40. The smallest absolute Gasteiger partial charge is 0.317 e. The Kier molecular flexibility index (Phi) is 6.73. The average molecular weight is 278 g/mol. The Hall–Kier alpha value is -1.88. The molecule has 0 aliphatic rings. The molecule has 0 radical (unpaired) electrons. The minimum absolute atomic E-state index is 0.0828. The van der Waals surface area contributed by atoms with Gasteiger partial charge in [-0.2, -0.15) is 0 Å². The maximum absolute atomic E-state index is 11.8. The molecule has 110 valence electrons. The zero-order valence-corrected chi connectivity index (χ0v) is 12.1. The van der Waals surface area contributed by atoms with Gasteiger partial charge in [-0.25, -0.2) is 0 Å². The van der Waals surface area contributed by atoms with Crippen molar-refractivity contribution in [3.05, 3.63) is 29.8 Å². The van der Waals surface area contributed by atoms with E-state index in [0.29, 0.717) is 6.54 Å². The van der Waals surface area contributed by atoms with Gasteiger partial charge in [0, 0.05) is 5.69 Å². The molecule has 20 heavy (non-hydrogen) atoms. The van der Waals surface area contributed by atoms with Crippen LogP contribution in [0.1, 0.15) is 25.8 Å². The molecule has 0 atom stereocenters. The Labute approximate surface area is 119 Å². The van der Waals surface area contributed by atoms with Gasteiger partial charge >= 0.3 is 5.97 Å². The van der Waals surface area contributed by atoms with Crippen LogP contribution < -0.4 is 5.32 Å². The molecule has 1 aromatic carbocycles. The third-order valence-corrected chi connectivity index (χ3v) is 2.95. The Bertz CT molecular complexity index is 443. The van der Waals surface area contributed by atoms with E-state index in [1.807, 2.05) is 31.2 Å². The first-order valence-corrected chi connectivity index (χ1v) is 6.88. The van der Waals surface area contributed by atoms with E-state index in [-0.39, 0.29) is 19.0 Å². The summed E-state index contributed by atoms with van der Waals surface area (Å²) in [6, 6.07) is 7.73. The summed E-state index contributed by atoms with van der Waals surface area (Å²) in [7, 11) is 0. The zero-order chi connectivity index (χ0) is 15.0. The largest absolute Gasteiger partial charge is 0.480 e. The van der Waals surface area contributed by atoms with Crippen LogP contribution in [-0.2, 0) is 16.0 Å². The molecular weight excluding hydrogens is 256 g/mol. The van der Waals surface area contributed by atoms with Gasteiger partial charge in [0.1, 0.15) is 0 Å². The van der Waals surface area contributed by atoms with Gasteiger partial charge in [0.2, 0.25) is 5.91 Å². The van der Waals surface area contributed by atoms with E-state index in [0.717, 1.165) is 18.5 Å². The second kappa shape index (κ2) is 8.32. The molecule has 2 N–H and O–H groups in total. The molecule has 1 rings (SSSR count). The number of anilines is 1. The molecule has 0 aliphatic heterocycles. The molecule has 0 fully saturated rings. The Balaban J connectivity index is 2.50. The van der Waals surface area contributed by atoms with Crippen LogP contribution in [-0.4, -0.2) is 41.5 Å². The SMILES string of the molecule is CCCc1ccc(NC(=O)CN(CC)CC(=O)O)cc1. The number of carbonyl (C=O) groups is 2. The third kappa shape index (κ3) is 5.84. The lowest BCUT2D eigenvalue weighted by Gasteiger charge is -2.17. The number of carboxylic acid groups (broad SMARTS) is 1. The molecule has 0 aliphatic carbocycles. The molecule has 5 heteroatoms. The summed E-state index contributed by atoms with van der Waals surface area (Å²) in [6.45, 7) is 4.43. The fourth-order valence-electron chi connectivity index (χ4n) is 1.92. The second-order valence-corrected chi connectivity index (χ2v) is 4.69. The standard InChI is InChI=1S/C15H22N2O3/c1-3-5-12-6-8-13(9-7-12)16-14(18)10-17(4-2)11-15(19)20/h6-9H,3-5,10-11H2,1-2H3,(H,16,18)(H,19,20). The van der Waals surface area contributed by atoms with Crippen molar-refractivity contribution in [1.29, 1.82) is 0 Å². The lowest BCUT2D eigenvalue weighted by Crippen LogP contribution is -2.36. The summed E-state index contributed by atoms with van der Waals surface area (Å²) >= 11 is 0. The van der Waals surface area contributed by atoms with Gasteiger partial charge in [-0.3, -0.25) is 14.5 Å². The topological polar surface area (TPSA) is 69.6 Å². The van der Waals surface area contributed by atoms with E-state index in [1.54, 1.807) is 4.90 Å². The summed E-state index contributed by atoms with van der Waals surface area (Å²) in [6.07, 6.45) is 2.11. The fraction of sp³-hybridized carbons (Fsp3) is 0.467. The number of carbonyl (C=O) groups excluding carboxylic acids is 1. The Morgan fingerprint density at radius 3 is 2.30 bits per heavy atom. The highest BCUT2D eigenvalue weighted by molar-refractivity contribution is 5.92. The molecule has 0 aromatic heterocycles. The van der Waals surface area contributed by atoms with Gasteiger partial charge in [-0.15, -0.1) is 0 Å². The molecule has 0 heterocycles. The normalized spacial score (nSPS) is 10.6. The van der Waals surface area contributed by atoms with Crippen molar-refractivity contribution in [2.45, 2.75) is 26.7 Å². The Morgan fingerprint density at radius 2 is 1.80 bits per heavy atom. The molecule has 0 bridgehead atoms. The van der Waals surface area contributed by atoms with Gasteiger partial charge in [0.25, 0.3) is 0 Å². The second-order valence-electron chi connectivity index (χ2n) is 4.69. The Morgan fingerprint density at radius 1 is 1.15 bits per heavy atom. The first kappa shape index (κ1) is 16.2. The number of likely N-dealkylation sites (N-methyl/N-ethyl adjacent to an activating group) is 1. The van der Waals surface area contributed by atoms with Gasteiger partial charge in [-0.05, 0) is 30.7 Å². The van der Waals surface area contributed by atoms with E-state index >= 15 is 0 Å². The number of hydrogen-bond donors (Lipinski definition) is 2.